The molecule has 0 radical (unpaired) electrons. The topological polar surface area (TPSA) is 133 Å². The maximum Gasteiger partial charge on any atom is 0.348 e. The highest BCUT2D eigenvalue weighted by atomic mass is 32.1. The van der Waals surface area contributed by atoms with Crippen molar-refractivity contribution in [3.05, 3.63) is 85.6 Å². The van der Waals surface area contributed by atoms with Gasteiger partial charge >= 0.3 is 5.97 Å². The van der Waals surface area contributed by atoms with Crippen molar-refractivity contribution in [2.45, 2.75) is 26.9 Å². The van der Waals surface area contributed by atoms with E-state index in [1.165, 1.54) is 13.2 Å². The minimum atomic E-state index is -0.549. The monoisotopic (exact) mass is 525 g/mol. The lowest BCUT2D eigenvalue weighted by Crippen LogP contribution is -2.05. The van der Waals surface area contributed by atoms with Crippen LogP contribution in [-0.2, 0) is 22.6 Å². The summed E-state index contributed by atoms with van der Waals surface area (Å²) in [6.45, 7) is 3.66. The van der Waals surface area contributed by atoms with Crippen molar-refractivity contribution in [1.82, 2.24) is 0 Å². The number of nitriles is 3. The van der Waals surface area contributed by atoms with Crippen LogP contribution in [0.3, 0.4) is 0 Å². The molecule has 0 saturated heterocycles. The van der Waals surface area contributed by atoms with Crippen LogP contribution < -0.4 is 9.47 Å². The second-order valence-corrected chi connectivity index (χ2v) is 9.03. The molecule has 0 aliphatic heterocycles. The van der Waals surface area contributed by atoms with Crippen molar-refractivity contribution in [1.29, 1.82) is 15.8 Å². The van der Waals surface area contributed by atoms with Gasteiger partial charge in [-0.1, -0.05) is 24.3 Å². The minimum absolute atomic E-state index is 0.115. The summed E-state index contributed by atoms with van der Waals surface area (Å²) in [7, 11) is 1.47. The Kier molecular flexibility index (Phi) is 9.37. The van der Waals surface area contributed by atoms with E-state index in [0.717, 1.165) is 16.9 Å². The Morgan fingerprint density at radius 3 is 2.47 bits per heavy atom. The van der Waals surface area contributed by atoms with E-state index in [2.05, 4.69) is 6.07 Å². The second-order valence-electron chi connectivity index (χ2n) is 7.92. The van der Waals surface area contributed by atoms with Crippen LogP contribution in [0.1, 0.15) is 49.3 Å². The largest absolute Gasteiger partial charge is 0.493 e. The third-order valence-electron chi connectivity index (χ3n) is 5.55. The first-order chi connectivity index (χ1) is 18.4. The molecule has 0 unspecified atom stereocenters. The molecule has 0 spiro atoms. The summed E-state index contributed by atoms with van der Waals surface area (Å²) >= 11 is 1.02. The summed E-state index contributed by atoms with van der Waals surface area (Å²) in [5.74, 6) is -0.223. The van der Waals surface area contributed by atoms with Gasteiger partial charge in [-0.3, -0.25) is 4.79 Å². The Labute approximate surface area is 224 Å². The van der Waals surface area contributed by atoms with Crippen molar-refractivity contribution in [3.63, 3.8) is 0 Å². The molecule has 0 N–H and O–H groups in total. The van der Waals surface area contributed by atoms with Gasteiger partial charge in [-0.25, -0.2) is 4.79 Å². The number of thiophene rings is 1. The van der Waals surface area contributed by atoms with Gasteiger partial charge in [0, 0.05) is 16.9 Å². The van der Waals surface area contributed by atoms with Gasteiger partial charge in [0.05, 0.1) is 36.5 Å². The van der Waals surface area contributed by atoms with Gasteiger partial charge in [0.2, 0.25) is 0 Å². The molecular weight excluding hydrogens is 502 g/mol. The zero-order chi connectivity index (χ0) is 27.7. The Morgan fingerprint density at radius 1 is 1.05 bits per heavy atom. The van der Waals surface area contributed by atoms with Crippen LogP contribution >= 0.6 is 11.3 Å². The highest BCUT2D eigenvalue weighted by Crippen LogP contribution is 2.31. The highest BCUT2D eigenvalue weighted by Gasteiger charge is 2.23. The number of Topliss-reactive ketones (excluding diaryl/α,β-unsaturated/α-hetero) is 1. The van der Waals surface area contributed by atoms with Gasteiger partial charge in [0.25, 0.3) is 0 Å². The van der Waals surface area contributed by atoms with Crippen LogP contribution in [0.25, 0.3) is 6.08 Å². The molecule has 1 heterocycles. The molecule has 0 aliphatic rings. The van der Waals surface area contributed by atoms with Gasteiger partial charge in [0.1, 0.15) is 23.6 Å². The molecule has 0 atom stereocenters. The lowest BCUT2D eigenvalue weighted by Gasteiger charge is -2.12. The van der Waals surface area contributed by atoms with Crippen molar-refractivity contribution in [2.75, 3.05) is 13.7 Å². The summed E-state index contributed by atoms with van der Waals surface area (Å²) in [4.78, 5) is 25.9. The molecule has 1 aromatic heterocycles. The van der Waals surface area contributed by atoms with Crippen molar-refractivity contribution in [3.8, 4) is 29.7 Å². The number of carbonyl (C=O) groups is 2. The van der Waals surface area contributed by atoms with E-state index in [9.17, 15) is 25.4 Å². The van der Waals surface area contributed by atoms with Crippen LogP contribution in [0.15, 0.2) is 48.0 Å². The molecule has 0 fully saturated rings. The Bertz CT molecular complexity index is 1530. The first kappa shape index (κ1) is 27.7. The molecule has 0 saturated carbocycles. The number of hydrogen-bond donors (Lipinski definition) is 0. The number of ketones is 1. The molecule has 2 aromatic carbocycles. The van der Waals surface area contributed by atoms with Gasteiger partial charge in [-0.05, 0) is 49.2 Å². The molecule has 3 aromatic rings. The molecular formula is C29H23N3O5S. The van der Waals surface area contributed by atoms with Gasteiger partial charge in [0.15, 0.2) is 17.3 Å². The van der Waals surface area contributed by atoms with Crippen LogP contribution in [-0.4, -0.2) is 25.5 Å². The maximum atomic E-state index is 13.0. The fourth-order valence-electron chi connectivity index (χ4n) is 3.62. The molecule has 3 rings (SSSR count). The van der Waals surface area contributed by atoms with E-state index in [1.807, 2.05) is 18.2 Å². The van der Waals surface area contributed by atoms with Gasteiger partial charge in [-0.15, -0.1) is 11.3 Å². The molecule has 38 heavy (non-hydrogen) atoms. The quantitative estimate of drug-likeness (QED) is 0.198. The summed E-state index contributed by atoms with van der Waals surface area (Å²) in [5.41, 5.74) is 2.36. The Morgan fingerprint density at radius 2 is 1.82 bits per heavy atom. The molecule has 0 aliphatic carbocycles. The smallest absolute Gasteiger partial charge is 0.348 e. The number of nitrogens with zero attached hydrogens (tertiary/aromatic N) is 3. The lowest BCUT2D eigenvalue weighted by atomic mass is 10.0. The third kappa shape index (κ3) is 6.25. The van der Waals surface area contributed by atoms with E-state index in [1.54, 1.807) is 50.2 Å². The molecule has 9 heteroatoms. The first-order valence-corrected chi connectivity index (χ1v) is 12.3. The number of benzene rings is 2. The average Bonchev–Trinajstić information content (AvgIpc) is 3.25. The summed E-state index contributed by atoms with van der Waals surface area (Å²) in [6.07, 6.45) is 1.22. The van der Waals surface area contributed by atoms with Crippen LogP contribution in [0.4, 0.5) is 0 Å². The van der Waals surface area contributed by atoms with E-state index >= 15 is 0 Å². The molecule has 190 valence electrons. The SMILES string of the molecule is CCOC(=O)c1sc(CC(=O)/C(C#N)=C/c2ccc(OCc3ccccc3C#N)c(OC)c2)c(C#N)c1C. The number of hydrogen-bond acceptors (Lipinski definition) is 9. The standard InChI is InChI=1S/C29H23N3O5S/c1-4-36-29(34)28-18(2)23(16-32)27(38-28)13-24(33)22(15-31)11-19-9-10-25(26(12-19)35-3)37-17-21-8-6-5-7-20(21)14-30/h5-12H,4,13,17H2,1-3H3/b22-11+. The summed E-state index contributed by atoms with van der Waals surface area (Å²) in [5, 5.41) is 28.5. The molecule has 8 nitrogen and oxygen atoms in total. The zero-order valence-electron chi connectivity index (χ0n) is 21.0. The summed E-state index contributed by atoms with van der Waals surface area (Å²) < 4.78 is 16.3. The lowest BCUT2D eigenvalue weighted by molar-refractivity contribution is -0.114. The van der Waals surface area contributed by atoms with Crippen molar-refractivity contribution < 1.29 is 23.8 Å². The van der Waals surface area contributed by atoms with Crippen LogP contribution in [0.2, 0.25) is 0 Å². The van der Waals surface area contributed by atoms with Crippen molar-refractivity contribution >= 4 is 29.2 Å². The van der Waals surface area contributed by atoms with E-state index in [-0.39, 0.29) is 35.6 Å². The molecule has 0 amide bonds. The van der Waals surface area contributed by atoms with Crippen LogP contribution in [0, 0.1) is 40.9 Å². The number of esters is 1. The normalized spacial score (nSPS) is 10.6. The Hall–Kier alpha value is -4.91. The predicted octanol–water partition coefficient (Wildman–Crippen LogP) is 5.28. The summed E-state index contributed by atoms with van der Waals surface area (Å²) in [6, 6.07) is 18.2. The zero-order valence-corrected chi connectivity index (χ0v) is 21.8. The molecule has 0 bridgehead atoms. The fourth-order valence-corrected chi connectivity index (χ4v) is 4.77. The number of methoxy groups -OCH3 is 1. The van der Waals surface area contributed by atoms with E-state index in [0.29, 0.717) is 33.1 Å². The number of ether oxygens (including phenoxy) is 3. The minimum Gasteiger partial charge on any atom is -0.493 e. The van der Waals surface area contributed by atoms with E-state index in [4.69, 9.17) is 14.2 Å². The van der Waals surface area contributed by atoms with Crippen LogP contribution in [0.5, 0.6) is 11.5 Å². The van der Waals surface area contributed by atoms with Crippen molar-refractivity contribution in [2.24, 2.45) is 0 Å². The fraction of sp³-hybridized carbons (Fsp3) is 0.207. The number of carbonyl (C=O) groups excluding carboxylic acids is 2. The van der Waals surface area contributed by atoms with Gasteiger partial charge in [-0.2, -0.15) is 15.8 Å². The second kappa shape index (κ2) is 12.9. The number of rotatable bonds is 10. The maximum absolute atomic E-state index is 13.0. The van der Waals surface area contributed by atoms with E-state index < -0.39 is 11.8 Å². The first-order valence-electron chi connectivity index (χ1n) is 11.5. The Balaban J connectivity index is 1.82. The third-order valence-corrected chi connectivity index (χ3v) is 6.83. The van der Waals surface area contributed by atoms with Gasteiger partial charge < -0.3 is 14.2 Å². The number of allylic oxidation sites excluding steroid dienone is 1. The highest BCUT2D eigenvalue weighted by molar-refractivity contribution is 7.14. The average molecular weight is 526 g/mol. The predicted molar refractivity (Wildman–Crippen MR) is 141 cm³/mol.